The van der Waals surface area contributed by atoms with E-state index in [1.165, 1.54) is 12.1 Å². The van der Waals surface area contributed by atoms with E-state index in [1.807, 2.05) is 0 Å². The molecule has 0 saturated heterocycles. The van der Waals surface area contributed by atoms with Crippen molar-refractivity contribution in [2.45, 2.75) is 37.8 Å². The summed E-state index contributed by atoms with van der Waals surface area (Å²) in [6.07, 6.45) is 4.28. The number of hydrogen-bond acceptors (Lipinski definition) is 4. The molecule has 0 aromatic carbocycles. The number of methoxy groups -OCH3 is 1. The summed E-state index contributed by atoms with van der Waals surface area (Å²) in [5.41, 5.74) is 2.19. The van der Waals surface area contributed by atoms with Crippen molar-refractivity contribution in [3.05, 3.63) is 21.7 Å². The van der Waals surface area contributed by atoms with Crippen molar-refractivity contribution in [3.63, 3.8) is 0 Å². The second-order valence-corrected chi connectivity index (χ2v) is 5.21. The van der Waals surface area contributed by atoms with E-state index in [-0.39, 0.29) is 5.60 Å². The average Bonchev–Trinajstić information content (AvgIpc) is 2.28. The van der Waals surface area contributed by atoms with Crippen LogP contribution in [0.2, 0.25) is 0 Å². The summed E-state index contributed by atoms with van der Waals surface area (Å²) >= 11 is 5.39. The van der Waals surface area contributed by atoms with Gasteiger partial charge in [-0.25, -0.2) is 4.98 Å². The first-order chi connectivity index (χ1) is 8.25. The van der Waals surface area contributed by atoms with Crippen molar-refractivity contribution in [2.75, 3.05) is 13.7 Å². The minimum atomic E-state index is -0.201. The molecule has 1 fully saturated rings. The number of fused-ring (bicyclic) bond motifs is 1. The molecule has 4 nitrogen and oxygen atoms in total. The van der Waals surface area contributed by atoms with Gasteiger partial charge in [-0.15, -0.1) is 0 Å². The number of aromatic amines is 1. The Morgan fingerprint density at radius 3 is 2.88 bits per heavy atom. The first-order valence-corrected chi connectivity index (χ1v) is 6.54. The van der Waals surface area contributed by atoms with E-state index in [0.29, 0.717) is 0 Å². The quantitative estimate of drug-likeness (QED) is 0.787. The fraction of sp³-hybridized carbons (Fsp3) is 0.667. The zero-order valence-corrected chi connectivity index (χ0v) is 10.8. The normalized spacial score (nSPS) is 21.7. The van der Waals surface area contributed by atoms with Crippen LogP contribution >= 0.6 is 12.2 Å². The topological polar surface area (TPSA) is 49.9 Å². The third kappa shape index (κ3) is 1.73. The van der Waals surface area contributed by atoms with Gasteiger partial charge in [0.2, 0.25) is 0 Å². The Morgan fingerprint density at radius 1 is 1.41 bits per heavy atom. The summed E-state index contributed by atoms with van der Waals surface area (Å²) in [5, 5.41) is 3.32. The second-order valence-electron chi connectivity index (χ2n) is 4.83. The van der Waals surface area contributed by atoms with Crippen LogP contribution in [0.25, 0.3) is 0 Å². The highest BCUT2D eigenvalue weighted by molar-refractivity contribution is 7.71. The maximum absolute atomic E-state index is 5.65. The Hall–Kier alpha value is -0.780. The van der Waals surface area contributed by atoms with Crippen LogP contribution < -0.4 is 5.32 Å². The molecule has 0 bridgehead atoms. The standard InChI is InChI=1S/C12H17N3OS/c1-16-12(4-2-5-12)11-14-9-3-6-13-7-8(9)10(17)15-11/h13H,2-7H2,1H3,(H,14,15,17). The molecule has 0 spiro atoms. The summed E-state index contributed by atoms with van der Waals surface area (Å²) in [6.45, 7) is 1.83. The molecule has 5 heteroatoms. The maximum Gasteiger partial charge on any atom is 0.140 e. The van der Waals surface area contributed by atoms with Crippen LogP contribution in [0.3, 0.4) is 0 Å². The van der Waals surface area contributed by atoms with Crippen LogP contribution in [0.5, 0.6) is 0 Å². The van der Waals surface area contributed by atoms with E-state index < -0.39 is 0 Å². The fourth-order valence-electron chi connectivity index (χ4n) is 2.62. The van der Waals surface area contributed by atoms with Crippen LogP contribution in [0.1, 0.15) is 36.3 Å². The minimum absolute atomic E-state index is 0.201. The number of hydrogen-bond donors (Lipinski definition) is 2. The van der Waals surface area contributed by atoms with E-state index in [2.05, 4.69) is 15.3 Å². The predicted octanol–water partition coefficient (Wildman–Crippen LogP) is 1.81. The number of rotatable bonds is 2. The predicted molar refractivity (Wildman–Crippen MR) is 67.4 cm³/mol. The van der Waals surface area contributed by atoms with E-state index in [1.54, 1.807) is 7.11 Å². The molecule has 2 aliphatic rings. The Kier molecular flexibility index (Phi) is 2.77. The number of aromatic nitrogens is 2. The number of H-pyrrole nitrogens is 1. The highest BCUT2D eigenvalue weighted by atomic mass is 32.1. The lowest BCUT2D eigenvalue weighted by atomic mass is 9.79. The van der Waals surface area contributed by atoms with Crippen LogP contribution in [-0.4, -0.2) is 23.6 Å². The van der Waals surface area contributed by atoms with E-state index in [9.17, 15) is 0 Å². The number of ether oxygens (including phenoxy) is 1. The van der Waals surface area contributed by atoms with Crippen molar-refractivity contribution in [1.29, 1.82) is 0 Å². The number of nitrogens with one attached hydrogen (secondary N) is 2. The molecule has 2 heterocycles. The first kappa shape index (κ1) is 11.3. The summed E-state index contributed by atoms with van der Waals surface area (Å²) < 4.78 is 6.38. The van der Waals surface area contributed by atoms with Gasteiger partial charge in [-0.05, 0) is 19.3 Å². The van der Waals surface area contributed by atoms with Gasteiger partial charge >= 0.3 is 0 Å². The van der Waals surface area contributed by atoms with Gasteiger partial charge in [0.05, 0.1) is 0 Å². The van der Waals surface area contributed by atoms with Crippen LogP contribution in [0, 0.1) is 4.64 Å². The molecular formula is C12H17N3OS. The van der Waals surface area contributed by atoms with Crippen molar-refractivity contribution >= 4 is 12.2 Å². The largest absolute Gasteiger partial charge is 0.370 e. The van der Waals surface area contributed by atoms with Crippen LogP contribution in [0.15, 0.2) is 0 Å². The monoisotopic (exact) mass is 251 g/mol. The second kappa shape index (κ2) is 4.15. The van der Waals surface area contributed by atoms with Gasteiger partial charge < -0.3 is 15.0 Å². The highest BCUT2D eigenvalue weighted by Gasteiger charge is 2.41. The van der Waals surface area contributed by atoms with Gasteiger partial charge in [0.15, 0.2) is 0 Å². The SMILES string of the molecule is COC1(c2nc(=S)c3c([nH]2)CCNC3)CCC1. The Balaban J connectivity index is 2.07. The summed E-state index contributed by atoms with van der Waals surface area (Å²) in [7, 11) is 1.76. The molecule has 92 valence electrons. The van der Waals surface area contributed by atoms with Gasteiger partial charge in [-0.2, -0.15) is 0 Å². The molecule has 2 N–H and O–H groups in total. The van der Waals surface area contributed by atoms with Gasteiger partial charge in [0.1, 0.15) is 16.1 Å². The van der Waals surface area contributed by atoms with E-state index in [4.69, 9.17) is 17.0 Å². The molecule has 1 saturated carbocycles. The molecule has 0 amide bonds. The van der Waals surface area contributed by atoms with Crippen LogP contribution in [-0.2, 0) is 23.3 Å². The summed E-state index contributed by atoms with van der Waals surface area (Å²) in [5.74, 6) is 0.928. The molecule has 0 radical (unpaired) electrons. The first-order valence-electron chi connectivity index (χ1n) is 6.14. The zero-order valence-electron chi connectivity index (χ0n) is 10.0. The van der Waals surface area contributed by atoms with E-state index in [0.717, 1.165) is 48.4 Å². The lowest BCUT2D eigenvalue weighted by molar-refractivity contribution is -0.0849. The molecule has 0 atom stereocenters. The van der Waals surface area contributed by atoms with Gasteiger partial charge in [0.25, 0.3) is 0 Å². The molecule has 17 heavy (non-hydrogen) atoms. The smallest absolute Gasteiger partial charge is 0.140 e. The Morgan fingerprint density at radius 2 is 2.24 bits per heavy atom. The molecular weight excluding hydrogens is 234 g/mol. The minimum Gasteiger partial charge on any atom is -0.370 e. The van der Waals surface area contributed by atoms with Gasteiger partial charge in [0, 0.05) is 37.9 Å². The lowest BCUT2D eigenvalue weighted by Gasteiger charge is -2.39. The molecule has 1 aromatic heterocycles. The van der Waals surface area contributed by atoms with Crippen molar-refractivity contribution in [1.82, 2.24) is 15.3 Å². The molecule has 0 unspecified atom stereocenters. The Bertz CT molecular complexity index is 488. The van der Waals surface area contributed by atoms with Gasteiger partial charge in [-0.3, -0.25) is 0 Å². The zero-order chi connectivity index (χ0) is 11.9. The molecule has 1 aliphatic carbocycles. The average molecular weight is 251 g/mol. The third-order valence-electron chi connectivity index (χ3n) is 3.94. The highest BCUT2D eigenvalue weighted by Crippen LogP contribution is 2.42. The molecule has 1 aliphatic heterocycles. The van der Waals surface area contributed by atoms with Crippen molar-refractivity contribution in [2.24, 2.45) is 0 Å². The summed E-state index contributed by atoms with van der Waals surface area (Å²) in [6, 6.07) is 0. The fourth-order valence-corrected chi connectivity index (χ4v) is 2.90. The van der Waals surface area contributed by atoms with Crippen molar-refractivity contribution < 1.29 is 4.74 Å². The summed E-state index contributed by atoms with van der Waals surface area (Å²) in [4.78, 5) is 8.00. The Labute approximate surface area is 106 Å². The third-order valence-corrected chi connectivity index (χ3v) is 4.28. The molecule has 1 aromatic rings. The lowest BCUT2D eigenvalue weighted by Crippen LogP contribution is -2.39. The maximum atomic E-state index is 5.65. The van der Waals surface area contributed by atoms with Crippen LogP contribution in [0.4, 0.5) is 0 Å². The number of nitrogens with zero attached hydrogens (tertiary/aromatic N) is 1. The van der Waals surface area contributed by atoms with E-state index >= 15 is 0 Å². The van der Waals surface area contributed by atoms with Crippen molar-refractivity contribution in [3.8, 4) is 0 Å². The van der Waals surface area contributed by atoms with Gasteiger partial charge in [-0.1, -0.05) is 12.2 Å². The molecule has 3 rings (SSSR count).